The summed E-state index contributed by atoms with van der Waals surface area (Å²) in [4.78, 5) is 23.7. The van der Waals surface area contributed by atoms with Crippen LogP contribution in [-0.4, -0.2) is 17.6 Å². The molecule has 100 valence electrons. The van der Waals surface area contributed by atoms with Crippen LogP contribution >= 0.6 is 0 Å². The van der Waals surface area contributed by atoms with E-state index in [0.29, 0.717) is 17.7 Å². The number of carbonyl (C=O) groups is 1. The molecule has 1 aromatic heterocycles. The van der Waals surface area contributed by atoms with Gasteiger partial charge in [-0.05, 0) is 19.1 Å². The van der Waals surface area contributed by atoms with Gasteiger partial charge in [-0.25, -0.2) is 0 Å². The summed E-state index contributed by atoms with van der Waals surface area (Å²) in [6.07, 6.45) is 1.64. The second-order valence-electron chi connectivity index (χ2n) is 4.44. The number of amides is 1. The predicted octanol–water partition coefficient (Wildman–Crippen LogP) is 1.19. The van der Waals surface area contributed by atoms with E-state index in [4.69, 9.17) is 10.5 Å². The van der Waals surface area contributed by atoms with E-state index in [1.165, 1.54) is 0 Å². The lowest BCUT2D eigenvalue weighted by Crippen LogP contribution is -2.25. The molecule has 2 rings (SSSR count). The Hall–Kier alpha value is -2.14. The summed E-state index contributed by atoms with van der Waals surface area (Å²) < 4.78 is 6.91. The maximum atomic E-state index is 12.4. The Morgan fingerprint density at radius 3 is 2.74 bits per heavy atom. The molecule has 0 aliphatic carbocycles. The van der Waals surface area contributed by atoms with Gasteiger partial charge in [0.15, 0.2) is 5.43 Å². The number of ether oxygens (including phenoxy) is 1. The van der Waals surface area contributed by atoms with Crippen molar-refractivity contribution in [1.82, 2.24) is 4.57 Å². The number of nitrogens with zero attached hydrogens (tertiary/aromatic N) is 1. The smallest absolute Gasteiger partial charge is 0.224 e. The molecule has 5 nitrogen and oxygen atoms in total. The van der Waals surface area contributed by atoms with Crippen LogP contribution in [0, 0.1) is 0 Å². The number of benzene rings is 1. The molecule has 0 saturated heterocycles. The first-order chi connectivity index (χ1) is 9.06. The van der Waals surface area contributed by atoms with Crippen molar-refractivity contribution in [3.8, 4) is 0 Å². The highest BCUT2D eigenvalue weighted by atomic mass is 16.5. The SMILES string of the molecule is COCn1cc(C(C)C(N)=O)c(=O)c2ccccc21. The molecular weight excluding hydrogens is 244 g/mol. The van der Waals surface area contributed by atoms with E-state index in [2.05, 4.69) is 0 Å². The number of hydrogen-bond donors (Lipinski definition) is 1. The van der Waals surface area contributed by atoms with Gasteiger partial charge in [0, 0.05) is 24.3 Å². The lowest BCUT2D eigenvalue weighted by Gasteiger charge is -2.14. The predicted molar refractivity (Wildman–Crippen MR) is 72.8 cm³/mol. The molecule has 2 aromatic rings. The molecular formula is C14H16N2O3. The van der Waals surface area contributed by atoms with Gasteiger partial charge >= 0.3 is 0 Å². The Labute approximate surface area is 110 Å². The number of methoxy groups -OCH3 is 1. The number of pyridine rings is 1. The lowest BCUT2D eigenvalue weighted by molar-refractivity contribution is -0.119. The van der Waals surface area contributed by atoms with Gasteiger partial charge in [0.1, 0.15) is 6.73 Å². The zero-order chi connectivity index (χ0) is 14.0. The summed E-state index contributed by atoms with van der Waals surface area (Å²) in [5.74, 6) is -1.14. The quantitative estimate of drug-likeness (QED) is 0.897. The fourth-order valence-corrected chi connectivity index (χ4v) is 2.08. The molecule has 1 aromatic carbocycles. The summed E-state index contributed by atoms with van der Waals surface area (Å²) in [7, 11) is 1.57. The van der Waals surface area contributed by atoms with Crippen LogP contribution < -0.4 is 11.2 Å². The first-order valence-corrected chi connectivity index (χ1v) is 5.96. The van der Waals surface area contributed by atoms with E-state index in [-0.39, 0.29) is 5.43 Å². The number of hydrogen-bond acceptors (Lipinski definition) is 3. The number of aromatic nitrogens is 1. The Bertz CT molecular complexity index is 676. The molecule has 5 heteroatoms. The van der Waals surface area contributed by atoms with E-state index >= 15 is 0 Å². The lowest BCUT2D eigenvalue weighted by atomic mass is 10.00. The number of primary amides is 1. The fourth-order valence-electron chi connectivity index (χ4n) is 2.08. The zero-order valence-electron chi connectivity index (χ0n) is 10.9. The average Bonchev–Trinajstić information content (AvgIpc) is 2.41. The molecule has 0 fully saturated rings. The Balaban J connectivity index is 2.76. The fraction of sp³-hybridized carbons (Fsp3) is 0.286. The number of nitrogens with two attached hydrogens (primary N) is 1. The molecule has 0 bridgehead atoms. The number of carbonyl (C=O) groups excluding carboxylic acids is 1. The molecule has 1 unspecified atom stereocenters. The van der Waals surface area contributed by atoms with Crippen LogP contribution in [0.3, 0.4) is 0 Å². The van der Waals surface area contributed by atoms with Crippen molar-refractivity contribution < 1.29 is 9.53 Å². The minimum atomic E-state index is -0.625. The summed E-state index contributed by atoms with van der Waals surface area (Å²) in [6, 6.07) is 7.22. The van der Waals surface area contributed by atoms with Gasteiger partial charge in [-0.15, -0.1) is 0 Å². The normalized spacial score (nSPS) is 12.5. The molecule has 1 amide bonds. The van der Waals surface area contributed by atoms with E-state index in [1.54, 1.807) is 36.9 Å². The molecule has 1 atom stereocenters. The van der Waals surface area contributed by atoms with Gasteiger partial charge in [0.2, 0.25) is 5.91 Å². The highest BCUT2D eigenvalue weighted by Gasteiger charge is 2.18. The van der Waals surface area contributed by atoms with E-state index in [9.17, 15) is 9.59 Å². The molecule has 0 aliphatic rings. The standard InChI is InChI=1S/C14H16N2O3/c1-9(14(15)18)11-7-16(8-19-2)12-6-4-3-5-10(12)13(11)17/h3-7,9H,8H2,1-2H3,(H2,15,18). The summed E-state index contributed by atoms with van der Waals surface area (Å²) >= 11 is 0. The molecule has 0 saturated carbocycles. The number of rotatable bonds is 4. The Morgan fingerprint density at radius 2 is 2.11 bits per heavy atom. The van der Waals surface area contributed by atoms with Crippen LogP contribution in [0.15, 0.2) is 35.3 Å². The third kappa shape index (κ3) is 2.37. The largest absolute Gasteiger partial charge is 0.369 e. The van der Waals surface area contributed by atoms with Gasteiger partial charge in [0.25, 0.3) is 0 Å². The van der Waals surface area contributed by atoms with Crippen molar-refractivity contribution in [3.63, 3.8) is 0 Å². The minimum Gasteiger partial charge on any atom is -0.369 e. The number of para-hydroxylation sites is 1. The monoisotopic (exact) mass is 260 g/mol. The number of fused-ring (bicyclic) bond motifs is 1. The highest BCUT2D eigenvalue weighted by Crippen LogP contribution is 2.17. The topological polar surface area (TPSA) is 74.3 Å². The third-order valence-electron chi connectivity index (χ3n) is 3.18. The highest BCUT2D eigenvalue weighted by molar-refractivity contribution is 5.84. The maximum absolute atomic E-state index is 12.4. The van der Waals surface area contributed by atoms with E-state index in [1.807, 2.05) is 12.1 Å². The van der Waals surface area contributed by atoms with Gasteiger partial charge in [0.05, 0.1) is 11.4 Å². The van der Waals surface area contributed by atoms with Crippen LogP contribution in [0.25, 0.3) is 10.9 Å². The van der Waals surface area contributed by atoms with Gasteiger partial charge < -0.3 is 15.0 Å². The van der Waals surface area contributed by atoms with Gasteiger partial charge in [-0.1, -0.05) is 12.1 Å². The summed E-state index contributed by atoms with van der Waals surface area (Å²) in [5, 5.41) is 0.560. The van der Waals surface area contributed by atoms with Crippen molar-refractivity contribution in [2.24, 2.45) is 5.73 Å². The van der Waals surface area contributed by atoms with Crippen LogP contribution in [0.1, 0.15) is 18.4 Å². The first kappa shape index (κ1) is 13.3. The third-order valence-corrected chi connectivity index (χ3v) is 3.18. The van der Waals surface area contributed by atoms with Gasteiger partial charge in [-0.3, -0.25) is 9.59 Å². The minimum absolute atomic E-state index is 0.158. The molecule has 19 heavy (non-hydrogen) atoms. The second-order valence-corrected chi connectivity index (χ2v) is 4.44. The van der Waals surface area contributed by atoms with Crippen LogP contribution in [0.5, 0.6) is 0 Å². The molecule has 0 aliphatic heterocycles. The van der Waals surface area contributed by atoms with Crippen molar-refractivity contribution in [3.05, 3.63) is 46.2 Å². The average molecular weight is 260 g/mol. The second kappa shape index (κ2) is 5.24. The molecule has 2 N–H and O–H groups in total. The molecule has 0 spiro atoms. The molecule has 0 radical (unpaired) electrons. The Morgan fingerprint density at radius 1 is 1.42 bits per heavy atom. The van der Waals surface area contributed by atoms with Crippen molar-refractivity contribution in [2.45, 2.75) is 19.6 Å². The van der Waals surface area contributed by atoms with E-state index in [0.717, 1.165) is 5.52 Å². The van der Waals surface area contributed by atoms with Crippen molar-refractivity contribution >= 4 is 16.8 Å². The summed E-state index contributed by atoms with van der Waals surface area (Å²) in [5.41, 5.74) is 6.29. The Kier molecular flexibility index (Phi) is 3.66. The first-order valence-electron chi connectivity index (χ1n) is 5.96. The molecule has 1 heterocycles. The van der Waals surface area contributed by atoms with Gasteiger partial charge in [-0.2, -0.15) is 0 Å². The van der Waals surface area contributed by atoms with Crippen LogP contribution in [0.2, 0.25) is 0 Å². The van der Waals surface area contributed by atoms with Crippen LogP contribution in [-0.2, 0) is 16.3 Å². The summed E-state index contributed by atoms with van der Waals surface area (Å²) in [6.45, 7) is 1.93. The maximum Gasteiger partial charge on any atom is 0.224 e. The van der Waals surface area contributed by atoms with E-state index < -0.39 is 11.8 Å². The van der Waals surface area contributed by atoms with Crippen molar-refractivity contribution in [1.29, 1.82) is 0 Å². The zero-order valence-corrected chi connectivity index (χ0v) is 10.9. The van der Waals surface area contributed by atoms with Crippen molar-refractivity contribution in [2.75, 3.05) is 7.11 Å². The van der Waals surface area contributed by atoms with Crippen LogP contribution in [0.4, 0.5) is 0 Å².